The van der Waals surface area contributed by atoms with E-state index in [1.54, 1.807) is 6.92 Å². The number of halogens is 2. The summed E-state index contributed by atoms with van der Waals surface area (Å²) < 4.78 is 26.1. The van der Waals surface area contributed by atoms with Crippen LogP contribution < -0.4 is 0 Å². The molecule has 0 aliphatic carbocycles. The number of aliphatic hydroxyl groups is 1. The Hall–Kier alpha value is -1.40. The number of hydrogen-bond donors (Lipinski definition) is 1. The van der Waals surface area contributed by atoms with E-state index in [-0.39, 0.29) is 12.0 Å². The summed E-state index contributed by atoms with van der Waals surface area (Å²) in [6, 6.07) is 3.98. The van der Waals surface area contributed by atoms with Gasteiger partial charge in [0.25, 0.3) is 0 Å². The molecule has 1 rings (SSSR count). The second-order valence-electron chi connectivity index (χ2n) is 3.54. The lowest BCUT2D eigenvalue weighted by Gasteiger charge is -2.09. The lowest BCUT2D eigenvalue weighted by Crippen LogP contribution is -2.11. The van der Waals surface area contributed by atoms with Gasteiger partial charge in [0.15, 0.2) is 11.6 Å². The van der Waals surface area contributed by atoms with E-state index >= 15 is 0 Å². The molecule has 0 aromatic heterocycles. The highest BCUT2D eigenvalue weighted by molar-refractivity contribution is 5.19. The fraction of sp³-hybridized carbons (Fsp3) is 0.385. The Morgan fingerprint density at radius 3 is 2.81 bits per heavy atom. The van der Waals surface area contributed by atoms with Gasteiger partial charge in [-0.05, 0) is 25.0 Å². The van der Waals surface area contributed by atoms with E-state index < -0.39 is 17.7 Å². The van der Waals surface area contributed by atoms with Crippen LogP contribution in [0.2, 0.25) is 0 Å². The fourth-order valence-electron chi connectivity index (χ4n) is 1.43. The largest absolute Gasteiger partial charge is 0.393 e. The maximum absolute atomic E-state index is 13.2. The van der Waals surface area contributed by atoms with E-state index in [9.17, 15) is 13.9 Å². The van der Waals surface area contributed by atoms with Crippen molar-refractivity contribution in [2.24, 2.45) is 0 Å². The molecule has 0 bridgehead atoms. The van der Waals surface area contributed by atoms with Gasteiger partial charge in [-0.2, -0.15) is 0 Å². The van der Waals surface area contributed by atoms with Gasteiger partial charge < -0.3 is 5.11 Å². The average molecular weight is 224 g/mol. The van der Waals surface area contributed by atoms with Crippen molar-refractivity contribution in [3.05, 3.63) is 35.4 Å². The molecule has 0 aliphatic rings. The molecule has 0 spiro atoms. The summed E-state index contributed by atoms with van der Waals surface area (Å²) in [7, 11) is 0. The molecule has 16 heavy (non-hydrogen) atoms. The molecular weight excluding hydrogens is 210 g/mol. The van der Waals surface area contributed by atoms with E-state index in [1.807, 2.05) is 0 Å². The molecule has 1 unspecified atom stereocenters. The minimum atomic E-state index is -0.877. The Labute approximate surface area is 94.1 Å². The van der Waals surface area contributed by atoms with Gasteiger partial charge in [-0.15, -0.1) is 11.8 Å². The van der Waals surface area contributed by atoms with Crippen molar-refractivity contribution in [2.75, 3.05) is 0 Å². The molecule has 3 heteroatoms. The molecular formula is C13H14F2O. The minimum absolute atomic E-state index is 0.120. The highest BCUT2D eigenvalue weighted by atomic mass is 19.2. The van der Waals surface area contributed by atoms with Crippen LogP contribution in [0, 0.1) is 23.5 Å². The first-order valence-electron chi connectivity index (χ1n) is 5.15. The molecule has 0 saturated carbocycles. The zero-order chi connectivity index (χ0) is 12.0. The van der Waals surface area contributed by atoms with Gasteiger partial charge in [0.2, 0.25) is 0 Å². The van der Waals surface area contributed by atoms with Crippen LogP contribution in [0.5, 0.6) is 0 Å². The van der Waals surface area contributed by atoms with Gasteiger partial charge in [-0.1, -0.05) is 12.1 Å². The first kappa shape index (κ1) is 12.7. The second-order valence-corrected chi connectivity index (χ2v) is 3.54. The summed E-state index contributed by atoms with van der Waals surface area (Å²) in [6.07, 6.45) is 0.470. The Balaban J connectivity index is 2.58. The lowest BCUT2D eigenvalue weighted by molar-refractivity contribution is 0.165. The Morgan fingerprint density at radius 2 is 2.12 bits per heavy atom. The van der Waals surface area contributed by atoms with Crippen LogP contribution in [0.25, 0.3) is 0 Å². The predicted molar refractivity (Wildman–Crippen MR) is 58.8 cm³/mol. The standard InChI is InChI=1S/C13H14F2O/c1-2-3-4-7-11(16)9-10-6-5-8-12(14)13(10)15/h5-6,8,11,16H,4,7,9H2,1H3. The van der Waals surface area contributed by atoms with E-state index in [2.05, 4.69) is 11.8 Å². The highest BCUT2D eigenvalue weighted by Crippen LogP contribution is 2.14. The molecule has 1 N–H and O–H groups in total. The van der Waals surface area contributed by atoms with Crippen molar-refractivity contribution in [1.29, 1.82) is 0 Å². The van der Waals surface area contributed by atoms with Gasteiger partial charge in [0, 0.05) is 12.8 Å². The molecule has 0 amide bonds. The Morgan fingerprint density at radius 1 is 1.38 bits per heavy atom. The van der Waals surface area contributed by atoms with Crippen LogP contribution in [0.3, 0.4) is 0 Å². The third-order valence-electron chi connectivity index (χ3n) is 2.27. The van der Waals surface area contributed by atoms with Crippen molar-refractivity contribution in [2.45, 2.75) is 32.3 Å². The third kappa shape index (κ3) is 3.63. The number of benzene rings is 1. The van der Waals surface area contributed by atoms with E-state index in [0.717, 1.165) is 6.07 Å². The van der Waals surface area contributed by atoms with Gasteiger partial charge >= 0.3 is 0 Å². The van der Waals surface area contributed by atoms with Crippen molar-refractivity contribution in [3.63, 3.8) is 0 Å². The van der Waals surface area contributed by atoms with Crippen molar-refractivity contribution < 1.29 is 13.9 Å². The maximum atomic E-state index is 13.2. The second kappa shape index (κ2) is 6.24. The first-order chi connectivity index (χ1) is 7.65. The molecule has 0 radical (unpaired) electrons. The van der Waals surface area contributed by atoms with Crippen LogP contribution in [-0.4, -0.2) is 11.2 Å². The summed E-state index contributed by atoms with van der Waals surface area (Å²) in [5, 5.41) is 9.59. The normalized spacial score (nSPS) is 11.8. The summed E-state index contributed by atoms with van der Waals surface area (Å²) in [4.78, 5) is 0. The van der Waals surface area contributed by atoms with Gasteiger partial charge in [-0.25, -0.2) is 8.78 Å². The third-order valence-corrected chi connectivity index (χ3v) is 2.27. The van der Waals surface area contributed by atoms with Crippen LogP contribution in [0.4, 0.5) is 8.78 Å². The summed E-state index contributed by atoms with van der Waals surface area (Å²) in [6.45, 7) is 1.72. The van der Waals surface area contributed by atoms with E-state index in [0.29, 0.717) is 12.8 Å². The number of rotatable bonds is 4. The molecule has 1 aromatic carbocycles. The minimum Gasteiger partial charge on any atom is -0.393 e. The number of hydrogen-bond acceptors (Lipinski definition) is 1. The maximum Gasteiger partial charge on any atom is 0.162 e. The SMILES string of the molecule is CC#CCCC(O)Cc1cccc(F)c1F. The molecule has 0 fully saturated rings. The van der Waals surface area contributed by atoms with E-state index in [4.69, 9.17) is 0 Å². The topological polar surface area (TPSA) is 20.2 Å². The zero-order valence-electron chi connectivity index (χ0n) is 9.13. The smallest absolute Gasteiger partial charge is 0.162 e. The van der Waals surface area contributed by atoms with Crippen LogP contribution in [-0.2, 0) is 6.42 Å². The van der Waals surface area contributed by atoms with Crippen molar-refractivity contribution >= 4 is 0 Å². The van der Waals surface area contributed by atoms with Crippen LogP contribution in [0.1, 0.15) is 25.3 Å². The number of aliphatic hydroxyl groups excluding tert-OH is 1. The average Bonchev–Trinajstić information content (AvgIpc) is 2.25. The van der Waals surface area contributed by atoms with Gasteiger partial charge in [0.1, 0.15) is 0 Å². The quantitative estimate of drug-likeness (QED) is 0.779. The molecule has 1 aromatic rings. The van der Waals surface area contributed by atoms with E-state index in [1.165, 1.54) is 12.1 Å². The first-order valence-corrected chi connectivity index (χ1v) is 5.15. The van der Waals surface area contributed by atoms with Crippen LogP contribution >= 0.6 is 0 Å². The lowest BCUT2D eigenvalue weighted by atomic mass is 10.0. The van der Waals surface area contributed by atoms with Gasteiger partial charge in [0.05, 0.1) is 6.10 Å². The molecule has 0 aliphatic heterocycles. The molecule has 86 valence electrons. The molecule has 0 saturated heterocycles. The van der Waals surface area contributed by atoms with Crippen molar-refractivity contribution in [1.82, 2.24) is 0 Å². The fourth-order valence-corrected chi connectivity index (χ4v) is 1.43. The highest BCUT2D eigenvalue weighted by Gasteiger charge is 2.11. The predicted octanol–water partition coefficient (Wildman–Crippen LogP) is 2.67. The zero-order valence-corrected chi connectivity index (χ0v) is 9.13. The molecule has 1 atom stereocenters. The Kier molecular flexibility index (Phi) is 4.94. The van der Waals surface area contributed by atoms with Gasteiger partial charge in [-0.3, -0.25) is 0 Å². The summed E-state index contributed by atoms with van der Waals surface area (Å²) >= 11 is 0. The van der Waals surface area contributed by atoms with Crippen LogP contribution in [0.15, 0.2) is 18.2 Å². The molecule has 1 nitrogen and oxygen atoms in total. The monoisotopic (exact) mass is 224 g/mol. The van der Waals surface area contributed by atoms with Crippen molar-refractivity contribution in [3.8, 4) is 11.8 Å². The Bertz CT molecular complexity index is 404. The molecule has 0 heterocycles. The summed E-state index contributed by atoms with van der Waals surface area (Å²) in [5.74, 6) is 3.78. The summed E-state index contributed by atoms with van der Waals surface area (Å²) in [5.41, 5.74) is 0.206.